The van der Waals surface area contributed by atoms with Crippen LogP contribution in [0.4, 0.5) is 17.3 Å². The molecule has 144 valence electrons. The number of amides is 1. The zero-order chi connectivity index (χ0) is 20.1. The Morgan fingerprint density at radius 2 is 1.71 bits per heavy atom. The van der Waals surface area contributed by atoms with Crippen LogP contribution in [0.15, 0.2) is 60.7 Å². The molecule has 0 saturated carbocycles. The third-order valence-corrected chi connectivity index (χ3v) is 4.00. The molecule has 0 aliphatic heterocycles. The second kappa shape index (κ2) is 8.52. The van der Waals surface area contributed by atoms with Gasteiger partial charge in [0.05, 0.1) is 6.10 Å². The number of carbonyl (C=O) groups excluding carboxylic acids is 1. The number of nitrogens with one attached hydrogen (secondary N) is 1. The van der Waals surface area contributed by atoms with E-state index in [2.05, 4.69) is 15.3 Å². The lowest BCUT2D eigenvalue weighted by atomic mass is 10.2. The zero-order valence-corrected chi connectivity index (χ0v) is 16.5. The molecule has 28 heavy (non-hydrogen) atoms. The monoisotopic (exact) mass is 376 g/mol. The summed E-state index contributed by atoms with van der Waals surface area (Å²) < 4.78 is 5.65. The summed E-state index contributed by atoms with van der Waals surface area (Å²) in [6.45, 7) is 5.81. The van der Waals surface area contributed by atoms with Gasteiger partial charge in [-0.1, -0.05) is 18.2 Å². The van der Waals surface area contributed by atoms with Crippen molar-refractivity contribution >= 4 is 23.2 Å². The van der Waals surface area contributed by atoms with Gasteiger partial charge in [0.15, 0.2) is 0 Å². The van der Waals surface area contributed by atoms with Gasteiger partial charge in [-0.05, 0) is 63.2 Å². The quantitative estimate of drug-likeness (QED) is 0.681. The summed E-state index contributed by atoms with van der Waals surface area (Å²) in [7, 11) is 1.73. The molecule has 0 atom stereocenters. The average Bonchev–Trinajstić information content (AvgIpc) is 2.68. The van der Waals surface area contributed by atoms with Crippen LogP contribution in [0.5, 0.6) is 5.75 Å². The number of carbonyl (C=O) groups is 1. The third kappa shape index (κ3) is 4.85. The van der Waals surface area contributed by atoms with Crippen LogP contribution in [0.25, 0.3) is 0 Å². The lowest BCUT2D eigenvalue weighted by molar-refractivity contribution is 0.0988. The molecule has 0 saturated heterocycles. The highest BCUT2D eigenvalue weighted by atomic mass is 16.5. The molecule has 0 radical (unpaired) electrons. The Morgan fingerprint density at radius 1 is 1.04 bits per heavy atom. The van der Waals surface area contributed by atoms with Crippen molar-refractivity contribution in [3.05, 3.63) is 72.1 Å². The maximum absolute atomic E-state index is 12.8. The van der Waals surface area contributed by atoms with Crippen LogP contribution in [-0.2, 0) is 0 Å². The van der Waals surface area contributed by atoms with E-state index in [4.69, 9.17) is 4.74 Å². The predicted molar refractivity (Wildman–Crippen MR) is 111 cm³/mol. The zero-order valence-electron chi connectivity index (χ0n) is 16.5. The first-order valence-electron chi connectivity index (χ1n) is 9.15. The summed E-state index contributed by atoms with van der Waals surface area (Å²) in [6.07, 6.45) is 0.120. The van der Waals surface area contributed by atoms with Crippen LogP contribution in [0.1, 0.15) is 30.0 Å². The third-order valence-electron chi connectivity index (χ3n) is 4.00. The molecule has 0 spiro atoms. The Balaban J connectivity index is 1.78. The fourth-order valence-corrected chi connectivity index (χ4v) is 2.69. The van der Waals surface area contributed by atoms with Crippen LogP contribution in [0.3, 0.4) is 0 Å². The van der Waals surface area contributed by atoms with E-state index in [9.17, 15) is 4.79 Å². The lowest BCUT2D eigenvalue weighted by Crippen LogP contribution is -2.27. The number of aryl methyl sites for hydroxylation is 1. The second-order valence-corrected chi connectivity index (χ2v) is 6.73. The Bertz CT molecular complexity index is 941. The topological polar surface area (TPSA) is 67.4 Å². The molecular weight excluding hydrogens is 352 g/mol. The van der Waals surface area contributed by atoms with E-state index < -0.39 is 0 Å². The Labute approximate surface area is 165 Å². The molecule has 1 aromatic heterocycles. The van der Waals surface area contributed by atoms with Crippen molar-refractivity contribution in [3.63, 3.8) is 0 Å². The van der Waals surface area contributed by atoms with Crippen molar-refractivity contribution in [3.8, 4) is 5.75 Å². The number of nitrogens with zero attached hydrogens (tertiary/aromatic N) is 3. The Morgan fingerprint density at radius 3 is 2.36 bits per heavy atom. The minimum Gasteiger partial charge on any atom is -0.491 e. The van der Waals surface area contributed by atoms with Gasteiger partial charge in [0.1, 0.15) is 11.4 Å². The molecule has 0 aliphatic rings. The van der Waals surface area contributed by atoms with E-state index in [0.717, 1.165) is 17.1 Å². The molecule has 0 bridgehead atoms. The standard InChI is InChI=1S/C22H24N4O2/c1-15(2)28-19-12-10-17(11-13-19)24-22-23-16(3)14-20(25-22)21(27)26(4)18-8-6-5-7-9-18/h5-15H,1-4H3,(H,23,24,25). The molecular formula is C22H24N4O2. The van der Waals surface area contributed by atoms with Crippen LogP contribution < -0.4 is 15.0 Å². The predicted octanol–water partition coefficient (Wildman–Crippen LogP) is 4.59. The molecule has 3 rings (SSSR count). The van der Waals surface area contributed by atoms with E-state index in [-0.39, 0.29) is 12.0 Å². The van der Waals surface area contributed by atoms with Gasteiger partial charge in [0.2, 0.25) is 5.95 Å². The molecule has 0 unspecified atom stereocenters. The van der Waals surface area contributed by atoms with Gasteiger partial charge in [0.25, 0.3) is 5.91 Å². The summed E-state index contributed by atoms with van der Waals surface area (Å²) in [5.41, 5.74) is 2.67. The summed E-state index contributed by atoms with van der Waals surface area (Å²) in [4.78, 5) is 23.2. The maximum atomic E-state index is 12.8. The summed E-state index contributed by atoms with van der Waals surface area (Å²) >= 11 is 0. The molecule has 6 heteroatoms. The van der Waals surface area contributed by atoms with Gasteiger partial charge in [-0.2, -0.15) is 0 Å². The highest BCUT2D eigenvalue weighted by Crippen LogP contribution is 2.20. The van der Waals surface area contributed by atoms with E-state index in [1.165, 1.54) is 0 Å². The highest BCUT2D eigenvalue weighted by Gasteiger charge is 2.16. The van der Waals surface area contributed by atoms with Gasteiger partial charge < -0.3 is 15.0 Å². The molecule has 0 fully saturated rings. The summed E-state index contributed by atoms with van der Waals surface area (Å²) in [5, 5.41) is 3.15. The SMILES string of the molecule is Cc1cc(C(=O)N(C)c2ccccc2)nc(Nc2ccc(OC(C)C)cc2)n1. The van der Waals surface area contributed by atoms with Gasteiger partial charge in [-0.15, -0.1) is 0 Å². The van der Waals surface area contributed by atoms with Crippen LogP contribution >= 0.6 is 0 Å². The van der Waals surface area contributed by atoms with Gasteiger partial charge in [-0.25, -0.2) is 9.97 Å². The van der Waals surface area contributed by atoms with Crippen LogP contribution in [0, 0.1) is 6.92 Å². The first-order valence-corrected chi connectivity index (χ1v) is 9.15. The van der Waals surface area contributed by atoms with Crippen LogP contribution in [-0.4, -0.2) is 29.0 Å². The first-order chi connectivity index (χ1) is 13.4. The van der Waals surface area contributed by atoms with Crippen molar-refractivity contribution in [2.45, 2.75) is 26.9 Å². The number of benzene rings is 2. The highest BCUT2D eigenvalue weighted by molar-refractivity contribution is 6.04. The molecule has 3 aromatic rings. The van der Waals surface area contributed by atoms with Gasteiger partial charge in [0, 0.05) is 24.1 Å². The number of hydrogen-bond acceptors (Lipinski definition) is 5. The van der Waals surface area contributed by atoms with E-state index in [1.807, 2.05) is 75.4 Å². The van der Waals surface area contributed by atoms with Gasteiger partial charge >= 0.3 is 0 Å². The van der Waals surface area contributed by atoms with Crippen molar-refractivity contribution in [2.24, 2.45) is 0 Å². The molecule has 6 nitrogen and oxygen atoms in total. The maximum Gasteiger partial charge on any atom is 0.276 e. The molecule has 0 aliphatic carbocycles. The smallest absolute Gasteiger partial charge is 0.276 e. The van der Waals surface area contributed by atoms with Crippen molar-refractivity contribution in [2.75, 3.05) is 17.3 Å². The first kappa shape index (κ1) is 19.4. The summed E-state index contributed by atoms with van der Waals surface area (Å²) in [6, 6.07) is 18.7. The van der Waals surface area contributed by atoms with E-state index >= 15 is 0 Å². The van der Waals surface area contributed by atoms with E-state index in [0.29, 0.717) is 17.3 Å². The average molecular weight is 376 g/mol. The van der Waals surface area contributed by atoms with Crippen molar-refractivity contribution < 1.29 is 9.53 Å². The number of rotatable bonds is 6. The Kier molecular flexibility index (Phi) is 5.89. The minimum absolute atomic E-state index is 0.120. The number of anilines is 3. The number of para-hydroxylation sites is 1. The fraction of sp³-hybridized carbons (Fsp3) is 0.227. The summed E-state index contributed by atoms with van der Waals surface area (Å²) in [5.74, 6) is 0.980. The molecule has 1 amide bonds. The molecule has 2 aromatic carbocycles. The van der Waals surface area contributed by atoms with Crippen molar-refractivity contribution in [1.29, 1.82) is 0 Å². The number of ether oxygens (including phenoxy) is 1. The van der Waals surface area contributed by atoms with Gasteiger partial charge in [-0.3, -0.25) is 4.79 Å². The molecule has 1 heterocycles. The molecule has 1 N–H and O–H groups in total. The largest absolute Gasteiger partial charge is 0.491 e. The second-order valence-electron chi connectivity index (χ2n) is 6.73. The number of hydrogen-bond donors (Lipinski definition) is 1. The number of aromatic nitrogens is 2. The van der Waals surface area contributed by atoms with Crippen molar-refractivity contribution in [1.82, 2.24) is 9.97 Å². The Hall–Kier alpha value is -3.41. The van der Waals surface area contributed by atoms with Crippen LogP contribution in [0.2, 0.25) is 0 Å². The fourth-order valence-electron chi connectivity index (χ4n) is 2.69. The lowest BCUT2D eigenvalue weighted by Gasteiger charge is -2.17. The van der Waals surface area contributed by atoms with E-state index in [1.54, 1.807) is 18.0 Å². The normalized spacial score (nSPS) is 10.6. The minimum atomic E-state index is -0.194.